The van der Waals surface area contributed by atoms with Crippen LogP contribution < -0.4 is 0 Å². The van der Waals surface area contributed by atoms with Gasteiger partial charge in [-0.15, -0.1) is 0 Å². The SMILES string of the molecule is CC1C2CCC3=C(CCC12)N=N3. The average Bonchev–Trinajstić information content (AvgIpc) is 2.59. The Balaban J connectivity index is 1.75. The van der Waals surface area contributed by atoms with Gasteiger partial charge in [-0.2, -0.15) is 10.2 Å². The van der Waals surface area contributed by atoms with Crippen molar-refractivity contribution in [3.8, 4) is 0 Å². The molecule has 3 rings (SSSR count). The number of hydrogen-bond donors (Lipinski definition) is 0. The number of allylic oxidation sites excluding steroid dienone is 2. The molecule has 0 bridgehead atoms. The summed E-state index contributed by atoms with van der Waals surface area (Å²) in [5.41, 5.74) is 2.63. The molecule has 2 heteroatoms. The summed E-state index contributed by atoms with van der Waals surface area (Å²) in [6, 6.07) is 0. The summed E-state index contributed by atoms with van der Waals surface area (Å²) in [6.07, 6.45) is 5.13. The molecule has 3 aliphatic rings. The van der Waals surface area contributed by atoms with E-state index < -0.39 is 0 Å². The summed E-state index contributed by atoms with van der Waals surface area (Å²) >= 11 is 0. The average molecular weight is 162 g/mol. The van der Waals surface area contributed by atoms with Crippen molar-refractivity contribution in [3.05, 3.63) is 11.4 Å². The molecule has 64 valence electrons. The number of rotatable bonds is 0. The Labute approximate surface area is 72.8 Å². The third kappa shape index (κ3) is 0.809. The molecule has 2 aliphatic carbocycles. The molecule has 0 saturated heterocycles. The highest BCUT2D eigenvalue weighted by Crippen LogP contribution is 2.54. The van der Waals surface area contributed by atoms with Gasteiger partial charge >= 0.3 is 0 Å². The first kappa shape index (κ1) is 6.81. The molecule has 2 atom stereocenters. The van der Waals surface area contributed by atoms with Crippen LogP contribution in [0.3, 0.4) is 0 Å². The van der Waals surface area contributed by atoms with Gasteiger partial charge in [-0.1, -0.05) is 6.92 Å². The lowest BCUT2D eigenvalue weighted by molar-refractivity contribution is 0.555. The third-order valence-corrected chi connectivity index (χ3v) is 3.81. The molecular weight excluding hydrogens is 148 g/mol. The third-order valence-electron chi connectivity index (χ3n) is 3.81. The highest BCUT2D eigenvalue weighted by atomic mass is 15.2. The van der Waals surface area contributed by atoms with Crippen LogP contribution in [0.2, 0.25) is 0 Å². The van der Waals surface area contributed by atoms with Crippen molar-refractivity contribution in [2.75, 3.05) is 0 Å². The Morgan fingerprint density at radius 1 is 1.00 bits per heavy atom. The monoisotopic (exact) mass is 162 g/mol. The predicted octanol–water partition coefficient (Wildman–Crippen LogP) is 3.12. The van der Waals surface area contributed by atoms with Crippen molar-refractivity contribution >= 4 is 0 Å². The van der Waals surface area contributed by atoms with Crippen LogP contribution in [-0.2, 0) is 0 Å². The van der Waals surface area contributed by atoms with Crippen molar-refractivity contribution in [1.29, 1.82) is 0 Å². The first-order valence-corrected chi connectivity index (χ1v) is 5.00. The fraction of sp³-hybridized carbons (Fsp3) is 0.800. The maximum absolute atomic E-state index is 4.08. The molecule has 0 amide bonds. The molecule has 0 aromatic carbocycles. The lowest BCUT2D eigenvalue weighted by atomic mass is 10.0. The lowest BCUT2D eigenvalue weighted by Gasteiger charge is -2.15. The van der Waals surface area contributed by atoms with Crippen LogP contribution in [0.1, 0.15) is 32.6 Å². The van der Waals surface area contributed by atoms with E-state index in [2.05, 4.69) is 17.2 Å². The van der Waals surface area contributed by atoms with Crippen LogP contribution in [-0.4, -0.2) is 0 Å². The van der Waals surface area contributed by atoms with Gasteiger partial charge in [-0.25, -0.2) is 0 Å². The quantitative estimate of drug-likeness (QED) is 0.523. The summed E-state index contributed by atoms with van der Waals surface area (Å²) < 4.78 is 0. The first-order valence-electron chi connectivity index (χ1n) is 5.00. The molecule has 0 radical (unpaired) electrons. The van der Waals surface area contributed by atoms with Crippen molar-refractivity contribution in [1.82, 2.24) is 0 Å². The summed E-state index contributed by atoms with van der Waals surface area (Å²) in [7, 11) is 0. The predicted molar refractivity (Wildman–Crippen MR) is 46.5 cm³/mol. The van der Waals surface area contributed by atoms with Crippen molar-refractivity contribution in [2.45, 2.75) is 32.6 Å². The molecule has 0 aromatic rings. The van der Waals surface area contributed by atoms with Crippen LogP contribution in [0.5, 0.6) is 0 Å². The van der Waals surface area contributed by atoms with Gasteiger partial charge in [0, 0.05) is 0 Å². The van der Waals surface area contributed by atoms with Gasteiger partial charge in [0.05, 0.1) is 11.4 Å². The second kappa shape index (κ2) is 2.18. The highest BCUT2D eigenvalue weighted by molar-refractivity contribution is 5.20. The van der Waals surface area contributed by atoms with E-state index in [0.29, 0.717) is 0 Å². The van der Waals surface area contributed by atoms with E-state index in [-0.39, 0.29) is 0 Å². The Hall–Kier alpha value is -0.660. The van der Waals surface area contributed by atoms with E-state index in [1.807, 2.05) is 0 Å². The molecule has 2 unspecified atom stereocenters. The Bertz CT molecular complexity index is 252. The molecule has 0 aromatic heterocycles. The Kier molecular flexibility index (Phi) is 1.24. The summed E-state index contributed by atoms with van der Waals surface area (Å²) in [5.74, 6) is 3.04. The van der Waals surface area contributed by atoms with E-state index in [4.69, 9.17) is 0 Å². The van der Waals surface area contributed by atoms with Gasteiger partial charge in [0.15, 0.2) is 0 Å². The number of nitrogens with zero attached hydrogens (tertiary/aromatic N) is 2. The Morgan fingerprint density at radius 3 is 1.92 bits per heavy atom. The first-order chi connectivity index (χ1) is 5.86. The van der Waals surface area contributed by atoms with Gasteiger partial charge in [0.25, 0.3) is 0 Å². The topological polar surface area (TPSA) is 24.7 Å². The zero-order valence-electron chi connectivity index (χ0n) is 7.45. The number of hydrogen-bond acceptors (Lipinski definition) is 2. The zero-order valence-corrected chi connectivity index (χ0v) is 7.45. The molecule has 12 heavy (non-hydrogen) atoms. The molecule has 0 spiro atoms. The minimum absolute atomic E-state index is 0.990. The van der Waals surface area contributed by atoms with Crippen LogP contribution in [0.15, 0.2) is 21.6 Å². The van der Waals surface area contributed by atoms with Crippen LogP contribution in [0, 0.1) is 17.8 Å². The van der Waals surface area contributed by atoms with Crippen LogP contribution >= 0.6 is 0 Å². The van der Waals surface area contributed by atoms with E-state index in [1.54, 1.807) is 0 Å². The summed E-state index contributed by atoms with van der Waals surface area (Å²) in [6.45, 7) is 2.40. The summed E-state index contributed by atoms with van der Waals surface area (Å²) in [4.78, 5) is 0. The fourth-order valence-corrected chi connectivity index (χ4v) is 2.78. The van der Waals surface area contributed by atoms with Crippen LogP contribution in [0.4, 0.5) is 0 Å². The minimum atomic E-state index is 0.990. The van der Waals surface area contributed by atoms with Gasteiger partial charge in [0.2, 0.25) is 0 Å². The second-order valence-electron chi connectivity index (χ2n) is 4.36. The molecule has 1 aliphatic heterocycles. The number of azo groups is 1. The molecule has 2 nitrogen and oxygen atoms in total. The van der Waals surface area contributed by atoms with E-state index in [9.17, 15) is 0 Å². The van der Waals surface area contributed by atoms with E-state index >= 15 is 0 Å². The van der Waals surface area contributed by atoms with Crippen molar-refractivity contribution in [2.24, 2.45) is 28.0 Å². The molecule has 1 heterocycles. The standard InChI is InChI=1S/C10H14N2/c1-6-7-2-4-9-10(12-11-9)5-3-8(6)7/h6-8H,2-5H2,1H3. The molecular formula is C10H14N2. The van der Waals surface area contributed by atoms with E-state index in [1.165, 1.54) is 37.1 Å². The second-order valence-corrected chi connectivity index (χ2v) is 4.36. The Morgan fingerprint density at radius 2 is 1.50 bits per heavy atom. The van der Waals surface area contributed by atoms with Crippen molar-refractivity contribution in [3.63, 3.8) is 0 Å². The smallest absolute Gasteiger partial charge is 0.0863 e. The normalized spacial score (nSPS) is 43.9. The molecule has 0 N–H and O–H groups in total. The maximum Gasteiger partial charge on any atom is 0.0863 e. The maximum atomic E-state index is 4.08. The zero-order chi connectivity index (χ0) is 8.13. The molecule has 1 saturated carbocycles. The van der Waals surface area contributed by atoms with Crippen LogP contribution in [0.25, 0.3) is 0 Å². The van der Waals surface area contributed by atoms with E-state index in [0.717, 1.165) is 17.8 Å². The van der Waals surface area contributed by atoms with Gasteiger partial charge in [-0.05, 0) is 43.4 Å². The van der Waals surface area contributed by atoms with Gasteiger partial charge in [-0.3, -0.25) is 0 Å². The van der Waals surface area contributed by atoms with Crippen molar-refractivity contribution < 1.29 is 0 Å². The lowest BCUT2D eigenvalue weighted by Crippen LogP contribution is -2.00. The fourth-order valence-electron chi connectivity index (χ4n) is 2.78. The minimum Gasteiger partial charge on any atom is -0.153 e. The summed E-state index contributed by atoms with van der Waals surface area (Å²) in [5, 5.41) is 8.15. The van der Waals surface area contributed by atoms with Gasteiger partial charge < -0.3 is 0 Å². The molecule has 1 fully saturated rings. The number of fused-ring (bicyclic) bond motifs is 1. The largest absolute Gasteiger partial charge is 0.153 e. The highest BCUT2D eigenvalue weighted by Gasteiger charge is 2.46. The van der Waals surface area contributed by atoms with Gasteiger partial charge in [0.1, 0.15) is 0 Å².